The van der Waals surface area contributed by atoms with Gasteiger partial charge >= 0.3 is 0 Å². The lowest BCUT2D eigenvalue weighted by atomic mass is 9.95. The number of nitrogens with one attached hydrogen (secondary N) is 1. The van der Waals surface area contributed by atoms with E-state index < -0.39 is 0 Å². The Morgan fingerprint density at radius 2 is 2.33 bits per heavy atom. The molecule has 1 fully saturated rings. The van der Waals surface area contributed by atoms with Crippen LogP contribution in [0, 0.1) is 0 Å². The molecule has 1 aliphatic heterocycles. The number of rotatable bonds is 4. The highest BCUT2D eigenvalue weighted by atomic mass is 16.3. The van der Waals surface area contributed by atoms with Crippen molar-refractivity contribution in [1.29, 1.82) is 0 Å². The van der Waals surface area contributed by atoms with Crippen molar-refractivity contribution in [2.24, 2.45) is 0 Å². The Kier molecular flexibility index (Phi) is 4.13. The Hall–Kier alpha value is -0.800. The van der Waals surface area contributed by atoms with Crippen LogP contribution in [0.15, 0.2) is 22.8 Å². The molecule has 3 heteroatoms. The average Bonchev–Trinajstić information content (AvgIpc) is 2.80. The van der Waals surface area contributed by atoms with E-state index >= 15 is 0 Å². The maximum absolute atomic E-state index is 5.47. The topological polar surface area (TPSA) is 28.4 Å². The van der Waals surface area contributed by atoms with Crippen molar-refractivity contribution in [3.63, 3.8) is 0 Å². The molecule has 0 bridgehead atoms. The van der Waals surface area contributed by atoms with Gasteiger partial charge in [0.25, 0.3) is 0 Å². The molecule has 3 nitrogen and oxygen atoms in total. The standard InChI is InChI=1S/C15H26N2O/c1-5-13-10-16-15(3,4)11-17(13)12(2)9-14-7-6-8-18-14/h6-8,12-13,16H,5,9-11H2,1-4H3. The van der Waals surface area contributed by atoms with Crippen LogP contribution in [0.5, 0.6) is 0 Å². The summed E-state index contributed by atoms with van der Waals surface area (Å²) < 4.78 is 5.47. The predicted octanol–water partition coefficient (Wildman–Crippen LogP) is 2.67. The van der Waals surface area contributed by atoms with Crippen LogP contribution in [0.4, 0.5) is 0 Å². The van der Waals surface area contributed by atoms with E-state index in [0.29, 0.717) is 12.1 Å². The minimum absolute atomic E-state index is 0.211. The molecule has 0 amide bonds. The van der Waals surface area contributed by atoms with E-state index in [1.165, 1.54) is 6.42 Å². The first-order chi connectivity index (χ1) is 8.52. The van der Waals surface area contributed by atoms with Crippen LogP contribution in [0.25, 0.3) is 0 Å². The molecule has 1 saturated heterocycles. The van der Waals surface area contributed by atoms with Crippen LogP contribution in [0.3, 0.4) is 0 Å². The fraction of sp³-hybridized carbons (Fsp3) is 0.733. The van der Waals surface area contributed by atoms with E-state index in [-0.39, 0.29) is 5.54 Å². The summed E-state index contributed by atoms with van der Waals surface area (Å²) >= 11 is 0. The van der Waals surface area contributed by atoms with Crippen molar-refractivity contribution in [3.05, 3.63) is 24.2 Å². The number of hydrogen-bond donors (Lipinski definition) is 1. The molecule has 0 aliphatic carbocycles. The van der Waals surface area contributed by atoms with Crippen molar-refractivity contribution >= 4 is 0 Å². The first kappa shape index (κ1) is 13.6. The molecule has 2 rings (SSSR count). The summed E-state index contributed by atoms with van der Waals surface area (Å²) in [6, 6.07) is 5.22. The van der Waals surface area contributed by atoms with Gasteiger partial charge in [0.05, 0.1) is 6.26 Å². The van der Waals surface area contributed by atoms with Gasteiger partial charge in [-0.2, -0.15) is 0 Å². The molecule has 0 saturated carbocycles. The molecular formula is C15H26N2O. The lowest BCUT2D eigenvalue weighted by Gasteiger charge is -2.47. The largest absolute Gasteiger partial charge is 0.469 e. The Morgan fingerprint density at radius 1 is 1.56 bits per heavy atom. The first-order valence-corrected chi connectivity index (χ1v) is 7.05. The van der Waals surface area contributed by atoms with Crippen LogP contribution in [-0.4, -0.2) is 35.6 Å². The summed E-state index contributed by atoms with van der Waals surface area (Å²) in [7, 11) is 0. The number of piperazine rings is 1. The summed E-state index contributed by atoms with van der Waals surface area (Å²) in [6.07, 6.45) is 3.96. The van der Waals surface area contributed by atoms with E-state index in [2.05, 4.69) is 44.0 Å². The van der Waals surface area contributed by atoms with Crippen LogP contribution in [0.1, 0.15) is 39.9 Å². The third kappa shape index (κ3) is 3.15. The zero-order valence-corrected chi connectivity index (χ0v) is 12.1. The second-order valence-corrected chi connectivity index (χ2v) is 6.13. The van der Waals surface area contributed by atoms with Crippen LogP contribution in [0.2, 0.25) is 0 Å². The molecule has 1 aromatic heterocycles. The van der Waals surface area contributed by atoms with Gasteiger partial charge in [0.15, 0.2) is 0 Å². The zero-order valence-electron chi connectivity index (χ0n) is 12.1. The van der Waals surface area contributed by atoms with Gasteiger partial charge in [0.1, 0.15) is 5.76 Å². The molecule has 2 atom stereocenters. The molecule has 0 aromatic carbocycles. The van der Waals surface area contributed by atoms with Crippen molar-refractivity contribution in [1.82, 2.24) is 10.2 Å². The van der Waals surface area contributed by atoms with Gasteiger partial charge in [-0.25, -0.2) is 0 Å². The third-order valence-electron chi connectivity index (χ3n) is 3.98. The van der Waals surface area contributed by atoms with E-state index in [0.717, 1.165) is 25.3 Å². The lowest BCUT2D eigenvalue weighted by Crippen LogP contribution is -2.63. The van der Waals surface area contributed by atoms with Crippen LogP contribution in [-0.2, 0) is 6.42 Å². The van der Waals surface area contributed by atoms with Gasteiger partial charge in [-0.3, -0.25) is 4.90 Å². The number of nitrogens with zero attached hydrogens (tertiary/aromatic N) is 1. The van der Waals surface area contributed by atoms with Crippen LogP contribution >= 0.6 is 0 Å². The summed E-state index contributed by atoms with van der Waals surface area (Å²) in [5.41, 5.74) is 0.211. The molecule has 0 spiro atoms. The molecule has 2 unspecified atom stereocenters. The molecule has 18 heavy (non-hydrogen) atoms. The molecule has 1 aromatic rings. The van der Waals surface area contributed by atoms with Gasteiger partial charge in [0, 0.05) is 37.1 Å². The molecular weight excluding hydrogens is 224 g/mol. The van der Waals surface area contributed by atoms with Gasteiger partial charge in [-0.05, 0) is 39.3 Å². The minimum Gasteiger partial charge on any atom is -0.469 e. The summed E-state index contributed by atoms with van der Waals surface area (Å²) in [4.78, 5) is 2.64. The van der Waals surface area contributed by atoms with E-state index in [4.69, 9.17) is 4.42 Å². The van der Waals surface area contributed by atoms with Crippen molar-refractivity contribution in [3.8, 4) is 0 Å². The average molecular weight is 250 g/mol. The third-order valence-corrected chi connectivity index (χ3v) is 3.98. The zero-order chi connectivity index (χ0) is 13.2. The highest BCUT2D eigenvalue weighted by Crippen LogP contribution is 2.21. The SMILES string of the molecule is CCC1CNC(C)(C)CN1C(C)Cc1ccco1. The molecule has 0 radical (unpaired) electrons. The monoisotopic (exact) mass is 250 g/mol. The van der Waals surface area contributed by atoms with Gasteiger partial charge in [-0.15, -0.1) is 0 Å². The summed E-state index contributed by atoms with van der Waals surface area (Å²) in [5, 5.41) is 3.64. The quantitative estimate of drug-likeness (QED) is 0.890. The molecule has 1 aliphatic rings. The number of hydrogen-bond acceptors (Lipinski definition) is 3. The maximum atomic E-state index is 5.47. The minimum atomic E-state index is 0.211. The van der Waals surface area contributed by atoms with E-state index in [1.54, 1.807) is 6.26 Å². The predicted molar refractivity (Wildman–Crippen MR) is 74.7 cm³/mol. The Bertz CT molecular complexity index is 359. The van der Waals surface area contributed by atoms with Crippen molar-refractivity contribution in [2.45, 2.75) is 58.2 Å². The van der Waals surface area contributed by atoms with Gasteiger partial charge in [0.2, 0.25) is 0 Å². The molecule has 102 valence electrons. The molecule has 1 N–H and O–H groups in total. The highest BCUT2D eigenvalue weighted by Gasteiger charge is 2.34. The van der Waals surface area contributed by atoms with Gasteiger partial charge < -0.3 is 9.73 Å². The van der Waals surface area contributed by atoms with E-state index in [1.807, 2.05) is 6.07 Å². The summed E-state index contributed by atoms with van der Waals surface area (Å²) in [5.74, 6) is 1.09. The molecule has 2 heterocycles. The Balaban J connectivity index is 2.03. The van der Waals surface area contributed by atoms with E-state index in [9.17, 15) is 0 Å². The van der Waals surface area contributed by atoms with Crippen molar-refractivity contribution in [2.75, 3.05) is 13.1 Å². The maximum Gasteiger partial charge on any atom is 0.105 e. The number of furan rings is 1. The smallest absolute Gasteiger partial charge is 0.105 e. The fourth-order valence-corrected chi connectivity index (χ4v) is 2.88. The fourth-order valence-electron chi connectivity index (χ4n) is 2.88. The van der Waals surface area contributed by atoms with Crippen LogP contribution < -0.4 is 5.32 Å². The first-order valence-electron chi connectivity index (χ1n) is 7.05. The summed E-state index contributed by atoms with van der Waals surface area (Å²) in [6.45, 7) is 11.3. The second kappa shape index (κ2) is 5.45. The Morgan fingerprint density at radius 3 is 2.94 bits per heavy atom. The second-order valence-electron chi connectivity index (χ2n) is 6.13. The van der Waals surface area contributed by atoms with Gasteiger partial charge in [-0.1, -0.05) is 6.92 Å². The highest BCUT2D eigenvalue weighted by molar-refractivity contribution is 5.02. The normalized spacial score (nSPS) is 26.1. The lowest BCUT2D eigenvalue weighted by molar-refractivity contribution is 0.0566. The Labute approximate surface area is 111 Å². The van der Waals surface area contributed by atoms with Crippen molar-refractivity contribution < 1.29 is 4.42 Å².